The van der Waals surface area contributed by atoms with Crippen molar-refractivity contribution in [1.29, 1.82) is 0 Å². The zero-order valence-electron chi connectivity index (χ0n) is 17.2. The molecule has 0 unspecified atom stereocenters. The van der Waals surface area contributed by atoms with E-state index in [0.717, 1.165) is 24.8 Å². The second-order valence-corrected chi connectivity index (χ2v) is 8.58. The first-order valence-electron chi connectivity index (χ1n) is 9.37. The van der Waals surface area contributed by atoms with Crippen LogP contribution in [0.5, 0.6) is 5.75 Å². The van der Waals surface area contributed by atoms with E-state index in [4.69, 9.17) is 4.74 Å². The molecule has 2 N–H and O–H groups in total. The molecule has 0 aliphatic carbocycles. The summed E-state index contributed by atoms with van der Waals surface area (Å²) in [6, 6.07) is 5.00. The van der Waals surface area contributed by atoms with Gasteiger partial charge in [0.2, 0.25) is 15.9 Å². The predicted octanol–water partition coefficient (Wildman–Crippen LogP) is 4.15. The molecule has 2 rings (SSSR count). The molecule has 2 aromatic carbocycles. The molecule has 0 saturated heterocycles. The molecule has 10 heteroatoms. The van der Waals surface area contributed by atoms with Gasteiger partial charge in [0.15, 0.2) is 11.6 Å². The number of sulfonamides is 1. The molecule has 6 nitrogen and oxygen atoms in total. The van der Waals surface area contributed by atoms with Gasteiger partial charge in [0.1, 0.15) is 17.3 Å². The molecule has 0 fully saturated rings. The standard InChI is InChI=1S/C21H23F3N2O4S/c1-4-9-30-19-12-16(22)7-5-14(19)6-8-20(27)25-13(2)15-10-17(23)21(18(24)11-15)26-31(3,28)29/h5-8,10-13,26H,4,9H2,1-3H3,(H,25,27)/b8-6+/t13-/m1/s1. The highest BCUT2D eigenvalue weighted by atomic mass is 32.2. The zero-order chi connectivity index (χ0) is 23.2. The highest BCUT2D eigenvalue weighted by Gasteiger charge is 2.18. The lowest BCUT2D eigenvalue weighted by Gasteiger charge is -2.15. The van der Waals surface area contributed by atoms with E-state index in [1.807, 2.05) is 6.92 Å². The van der Waals surface area contributed by atoms with Crippen LogP contribution >= 0.6 is 0 Å². The van der Waals surface area contributed by atoms with Crippen LogP contribution < -0.4 is 14.8 Å². The first-order valence-corrected chi connectivity index (χ1v) is 11.3. The van der Waals surface area contributed by atoms with E-state index in [9.17, 15) is 26.4 Å². The van der Waals surface area contributed by atoms with Crippen molar-refractivity contribution in [3.8, 4) is 5.75 Å². The van der Waals surface area contributed by atoms with E-state index >= 15 is 0 Å². The fourth-order valence-corrected chi connectivity index (χ4v) is 3.18. The Balaban J connectivity index is 2.13. The van der Waals surface area contributed by atoms with Crippen molar-refractivity contribution in [3.05, 3.63) is 65.0 Å². The number of anilines is 1. The molecule has 0 heterocycles. The van der Waals surface area contributed by atoms with Crippen LogP contribution in [0.15, 0.2) is 36.4 Å². The van der Waals surface area contributed by atoms with Gasteiger partial charge >= 0.3 is 0 Å². The van der Waals surface area contributed by atoms with Crippen molar-refractivity contribution in [1.82, 2.24) is 5.32 Å². The van der Waals surface area contributed by atoms with Gasteiger partial charge < -0.3 is 10.1 Å². The van der Waals surface area contributed by atoms with Gasteiger partial charge in [-0.1, -0.05) is 6.92 Å². The molecule has 1 amide bonds. The summed E-state index contributed by atoms with van der Waals surface area (Å²) in [6.07, 6.45) is 4.12. The van der Waals surface area contributed by atoms with Crippen molar-refractivity contribution in [2.24, 2.45) is 0 Å². The Morgan fingerprint density at radius 3 is 2.39 bits per heavy atom. The molecule has 0 radical (unpaired) electrons. The summed E-state index contributed by atoms with van der Waals surface area (Å²) in [6.45, 7) is 3.80. The third-order valence-electron chi connectivity index (χ3n) is 4.06. The summed E-state index contributed by atoms with van der Waals surface area (Å²) in [5, 5.41) is 2.55. The van der Waals surface area contributed by atoms with E-state index < -0.39 is 45.1 Å². The average molecular weight is 456 g/mol. The van der Waals surface area contributed by atoms with Crippen LogP contribution in [0.4, 0.5) is 18.9 Å². The molecule has 0 bridgehead atoms. The van der Waals surface area contributed by atoms with Crippen LogP contribution in [0.25, 0.3) is 6.08 Å². The van der Waals surface area contributed by atoms with Crippen LogP contribution in [0.3, 0.4) is 0 Å². The van der Waals surface area contributed by atoms with Gasteiger partial charge in [0.25, 0.3) is 0 Å². The molecule has 1 atom stereocenters. The highest BCUT2D eigenvalue weighted by Crippen LogP contribution is 2.25. The van der Waals surface area contributed by atoms with E-state index in [2.05, 4.69) is 5.32 Å². The molecule has 31 heavy (non-hydrogen) atoms. The number of rotatable bonds is 9. The number of carbonyl (C=O) groups excluding carboxylic acids is 1. The maximum atomic E-state index is 14.1. The Bertz CT molecular complexity index is 1070. The van der Waals surface area contributed by atoms with Gasteiger partial charge in [-0.2, -0.15) is 0 Å². The van der Waals surface area contributed by atoms with Crippen molar-refractivity contribution in [2.45, 2.75) is 26.3 Å². The SMILES string of the molecule is CCCOc1cc(F)ccc1/C=C/C(=O)N[C@H](C)c1cc(F)c(NS(C)(=O)=O)c(F)c1. The van der Waals surface area contributed by atoms with Gasteiger partial charge in [-0.3, -0.25) is 9.52 Å². The number of ether oxygens (including phenoxy) is 1. The Morgan fingerprint density at radius 1 is 1.16 bits per heavy atom. The number of amides is 1. The summed E-state index contributed by atoms with van der Waals surface area (Å²) in [5.41, 5.74) is -0.198. The van der Waals surface area contributed by atoms with Crippen molar-refractivity contribution < 1.29 is 31.1 Å². The minimum Gasteiger partial charge on any atom is -0.493 e. The summed E-state index contributed by atoms with van der Waals surface area (Å²) >= 11 is 0. The maximum absolute atomic E-state index is 14.1. The molecule has 0 saturated carbocycles. The van der Waals surface area contributed by atoms with Crippen molar-refractivity contribution in [3.63, 3.8) is 0 Å². The van der Waals surface area contributed by atoms with Gasteiger partial charge in [-0.25, -0.2) is 21.6 Å². The largest absolute Gasteiger partial charge is 0.493 e. The topological polar surface area (TPSA) is 84.5 Å². The van der Waals surface area contributed by atoms with Crippen LogP contribution in [0, 0.1) is 17.5 Å². The highest BCUT2D eigenvalue weighted by molar-refractivity contribution is 7.92. The Kier molecular flexibility index (Phi) is 8.09. The zero-order valence-corrected chi connectivity index (χ0v) is 18.0. The smallest absolute Gasteiger partial charge is 0.244 e. The first-order chi connectivity index (χ1) is 14.5. The monoisotopic (exact) mass is 456 g/mol. The molecular weight excluding hydrogens is 433 g/mol. The number of benzene rings is 2. The molecule has 0 aliphatic rings. The third kappa shape index (κ3) is 7.32. The van der Waals surface area contributed by atoms with Crippen molar-refractivity contribution >= 4 is 27.7 Å². The van der Waals surface area contributed by atoms with E-state index in [-0.39, 0.29) is 11.3 Å². The summed E-state index contributed by atoms with van der Waals surface area (Å²) < 4.78 is 71.4. The molecule has 0 aliphatic heterocycles. The first kappa shape index (κ1) is 24.3. The number of nitrogens with one attached hydrogen (secondary N) is 2. The summed E-state index contributed by atoms with van der Waals surface area (Å²) in [5.74, 6) is -2.96. The lowest BCUT2D eigenvalue weighted by Crippen LogP contribution is -2.25. The maximum Gasteiger partial charge on any atom is 0.244 e. The van der Waals surface area contributed by atoms with Gasteiger partial charge in [0.05, 0.1) is 18.9 Å². The number of hydrogen-bond acceptors (Lipinski definition) is 4. The summed E-state index contributed by atoms with van der Waals surface area (Å²) in [4.78, 5) is 12.2. The molecule has 168 valence electrons. The van der Waals surface area contributed by atoms with Crippen LogP contribution in [-0.2, 0) is 14.8 Å². The van der Waals surface area contributed by atoms with Gasteiger partial charge in [-0.05, 0) is 49.2 Å². The fraction of sp³-hybridized carbons (Fsp3) is 0.286. The molecule has 2 aromatic rings. The van der Waals surface area contributed by atoms with Crippen LogP contribution in [-0.4, -0.2) is 27.2 Å². The Hall–Kier alpha value is -3.01. The fourth-order valence-electron chi connectivity index (χ4n) is 2.62. The lowest BCUT2D eigenvalue weighted by atomic mass is 10.1. The number of carbonyl (C=O) groups is 1. The lowest BCUT2D eigenvalue weighted by molar-refractivity contribution is -0.117. The predicted molar refractivity (Wildman–Crippen MR) is 113 cm³/mol. The quantitative estimate of drug-likeness (QED) is 0.555. The normalized spacial score (nSPS) is 12.6. The Labute approximate surface area is 179 Å². The minimum atomic E-state index is -3.86. The van der Waals surface area contributed by atoms with E-state index in [1.165, 1.54) is 37.3 Å². The second kappa shape index (κ2) is 10.3. The molecular formula is C21H23F3N2O4S. The molecule has 0 spiro atoms. The minimum absolute atomic E-state index is 0.101. The third-order valence-corrected chi connectivity index (χ3v) is 4.64. The summed E-state index contributed by atoms with van der Waals surface area (Å²) in [7, 11) is -3.86. The second-order valence-electron chi connectivity index (χ2n) is 6.83. The van der Waals surface area contributed by atoms with Crippen LogP contribution in [0.2, 0.25) is 0 Å². The van der Waals surface area contributed by atoms with E-state index in [1.54, 1.807) is 4.72 Å². The number of halogens is 3. The van der Waals surface area contributed by atoms with Crippen molar-refractivity contribution in [2.75, 3.05) is 17.6 Å². The molecule has 0 aromatic heterocycles. The Morgan fingerprint density at radius 2 is 1.81 bits per heavy atom. The van der Waals surface area contributed by atoms with E-state index in [0.29, 0.717) is 12.2 Å². The van der Waals surface area contributed by atoms with Gasteiger partial charge in [0, 0.05) is 17.7 Å². The van der Waals surface area contributed by atoms with Crippen LogP contribution in [0.1, 0.15) is 37.4 Å². The average Bonchev–Trinajstić information content (AvgIpc) is 2.67. The van der Waals surface area contributed by atoms with Gasteiger partial charge in [-0.15, -0.1) is 0 Å². The number of hydrogen-bond donors (Lipinski definition) is 2.